The average Bonchev–Trinajstić information content (AvgIpc) is 2.22. The molecule has 0 aromatic carbocycles. The van der Waals surface area contributed by atoms with E-state index in [1.54, 1.807) is 0 Å². The highest BCUT2D eigenvalue weighted by Crippen LogP contribution is 2.31. The van der Waals surface area contributed by atoms with Crippen molar-refractivity contribution in [2.75, 3.05) is 0 Å². The summed E-state index contributed by atoms with van der Waals surface area (Å²) in [5.74, 6) is 0.894. The topological polar surface area (TPSA) is 26.0 Å². The molecule has 0 saturated heterocycles. The zero-order chi connectivity index (χ0) is 5.28. The molecule has 0 bridgehead atoms. The van der Waals surface area contributed by atoms with E-state index in [1.807, 2.05) is 0 Å². The molecule has 0 spiro atoms. The number of nitrogens with two attached hydrogens (primary N) is 1. The van der Waals surface area contributed by atoms with E-state index in [-0.39, 0.29) is 12.4 Å². The molecule has 2 atom stereocenters. The quantitative estimate of drug-likeness (QED) is 0.611. The highest BCUT2D eigenvalue weighted by molar-refractivity contribution is 5.85. The van der Waals surface area contributed by atoms with Crippen LogP contribution in [-0.4, -0.2) is 6.04 Å². The molecular formula is C6H14ClN. The molecular weight excluding hydrogens is 122 g/mol. The van der Waals surface area contributed by atoms with Gasteiger partial charge in [0.15, 0.2) is 0 Å². The maximum atomic E-state index is 5.55. The maximum absolute atomic E-state index is 5.55. The van der Waals surface area contributed by atoms with Gasteiger partial charge in [0.05, 0.1) is 0 Å². The second-order valence-corrected chi connectivity index (χ2v) is 2.45. The minimum atomic E-state index is 0. The fraction of sp³-hybridized carbons (Fsp3) is 1.00. The van der Waals surface area contributed by atoms with Gasteiger partial charge < -0.3 is 5.73 Å². The van der Waals surface area contributed by atoms with Crippen LogP contribution in [0.5, 0.6) is 0 Å². The van der Waals surface area contributed by atoms with E-state index >= 15 is 0 Å². The van der Waals surface area contributed by atoms with Crippen molar-refractivity contribution in [1.29, 1.82) is 0 Å². The Balaban J connectivity index is 0.000000490. The van der Waals surface area contributed by atoms with Crippen molar-refractivity contribution >= 4 is 12.4 Å². The van der Waals surface area contributed by atoms with Crippen molar-refractivity contribution < 1.29 is 0 Å². The zero-order valence-electron chi connectivity index (χ0n) is 5.26. The molecule has 1 rings (SSSR count). The van der Waals surface area contributed by atoms with E-state index in [1.165, 1.54) is 19.3 Å². The Kier molecular flexibility index (Phi) is 3.41. The summed E-state index contributed by atoms with van der Waals surface area (Å²) in [6, 6.07) is 0.569. The molecule has 0 aromatic heterocycles. The lowest BCUT2D eigenvalue weighted by Crippen LogP contribution is -2.00. The maximum Gasteiger partial charge on any atom is 0.00709 e. The first-order valence-electron chi connectivity index (χ1n) is 3.10. The molecule has 1 aliphatic rings. The summed E-state index contributed by atoms with van der Waals surface area (Å²) >= 11 is 0. The van der Waals surface area contributed by atoms with Crippen LogP contribution in [0.3, 0.4) is 0 Å². The third-order valence-electron chi connectivity index (χ3n) is 1.64. The SMILES string of the molecule is CCC[C@@H]1C[C@H]1N.Cl. The molecule has 50 valence electrons. The molecule has 1 fully saturated rings. The van der Waals surface area contributed by atoms with Crippen molar-refractivity contribution in [3.8, 4) is 0 Å². The van der Waals surface area contributed by atoms with Crippen LogP contribution in [0.2, 0.25) is 0 Å². The molecule has 0 radical (unpaired) electrons. The fourth-order valence-corrected chi connectivity index (χ4v) is 0.974. The van der Waals surface area contributed by atoms with Crippen LogP contribution in [-0.2, 0) is 0 Å². The van der Waals surface area contributed by atoms with Crippen molar-refractivity contribution in [2.24, 2.45) is 11.7 Å². The smallest absolute Gasteiger partial charge is 0.00709 e. The Bertz CT molecular complexity index is 65.5. The summed E-state index contributed by atoms with van der Waals surface area (Å²) in [4.78, 5) is 0. The molecule has 0 aliphatic heterocycles. The number of hydrogen-bond donors (Lipinski definition) is 1. The van der Waals surface area contributed by atoms with Gasteiger partial charge in [-0.05, 0) is 18.8 Å². The molecule has 1 nitrogen and oxygen atoms in total. The van der Waals surface area contributed by atoms with Crippen LogP contribution in [0.4, 0.5) is 0 Å². The normalized spacial score (nSPS) is 33.8. The molecule has 2 heteroatoms. The Morgan fingerprint density at radius 1 is 1.62 bits per heavy atom. The monoisotopic (exact) mass is 135 g/mol. The Morgan fingerprint density at radius 2 is 2.12 bits per heavy atom. The van der Waals surface area contributed by atoms with Gasteiger partial charge in [0.2, 0.25) is 0 Å². The first-order chi connectivity index (χ1) is 3.34. The molecule has 1 saturated carbocycles. The molecule has 1 aliphatic carbocycles. The lowest BCUT2D eigenvalue weighted by molar-refractivity contribution is 0.683. The molecule has 0 unspecified atom stereocenters. The summed E-state index contributed by atoms with van der Waals surface area (Å²) in [7, 11) is 0. The van der Waals surface area contributed by atoms with Gasteiger partial charge in [0, 0.05) is 6.04 Å². The number of hydrogen-bond acceptors (Lipinski definition) is 1. The van der Waals surface area contributed by atoms with E-state index < -0.39 is 0 Å². The van der Waals surface area contributed by atoms with Crippen molar-refractivity contribution in [3.05, 3.63) is 0 Å². The van der Waals surface area contributed by atoms with E-state index in [2.05, 4.69) is 6.92 Å². The van der Waals surface area contributed by atoms with Gasteiger partial charge in [-0.2, -0.15) is 0 Å². The van der Waals surface area contributed by atoms with Crippen LogP contribution in [0.25, 0.3) is 0 Å². The zero-order valence-corrected chi connectivity index (χ0v) is 6.08. The predicted molar refractivity (Wildman–Crippen MR) is 38.2 cm³/mol. The van der Waals surface area contributed by atoms with Gasteiger partial charge in [-0.1, -0.05) is 13.3 Å². The second kappa shape index (κ2) is 3.31. The Labute approximate surface area is 57.1 Å². The molecule has 0 aromatic rings. The van der Waals surface area contributed by atoms with Crippen LogP contribution in [0.1, 0.15) is 26.2 Å². The lowest BCUT2D eigenvalue weighted by atomic mass is 10.2. The van der Waals surface area contributed by atoms with Gasteiger partial charge in [0.25, 0.3) is 0 Å². The van der Waals surface area contributed by atoms with Crippen LogP contribution in [0, 0.1) is 5.92 Å². The van der Waals surface area contributed by atoms with E-state index in [0.717, 1.165) is 5.92 Å². The van der Waals surface area contributed by atoms with Crippen LogP contribution in [0.15, 0.2) is 0 Å². The molecule has 0 heterocycles. The van der Waals surface area contributed by atoms with Crippen molar-refractivity contribution in [2.45, 2.75) is 32.2 Å². The highest BCUT2D eigenvalue weighted by atomic mass is 35.5. The Morgan fingerprint density at radius 3 is 2.25 bits per heavy atom. The van der Waals surface area contributed by atoms with Crippen molar-refractivity contribution in [1.82, 2.24) is 0 Å². The van der Waals surface area contributed by atoms with E-state index in [9.17, 15) is 0 Å². The van der Waals surface area contributed by atoms with Crippen LogP contribution < -0.4 is 5.73 Å². The second-order valence-electron chi connectivity index (χ2n) is 2.45. The largest absolute Gasteiger partial charge is 0.327 e. The van der Waals surface area contributed by atoms with Gasteiger partial charge >= 0.3 is 0 Å². The summed E-state index contributed by atoms with van der Waals surface area (Å²) in [6.45, 7) is 2.21. The highest BCUT2D eigenvalue weighted by Gasteiger charge is 2.31. The van der Waals surface area contributed by atoms with Crippen molar-refractivity contribution in [3.63, 3.8) is 0 Å². The van der Waals surface area contributed by atoms with E-state index in [4.69, 9.17) is 5.73 Å². The summed E-state index contributed by atoms with van der Waals surface area (Å²) in [5.41, 5.74) is 5.55. The predicted octanol–water partition coefficient (Wildman–Crippen LogP) is 1.56. The summed E-state index contributed by atoms with van der Waals surface area (Å²) in [5, 5.41) is 0. The third-order valence-corrected chi connectivity index (χ3v) is 1.64. The number of rotatable bonds is 2. The minimum absolute atomic E-state index is 0. The van der Waals surface area contributed by atoms with Gasteiger partial charge in [-0.15, -0.1) is 12.4 Å². The first-order valence-corrected chi connectivity index (χ1v) is 3.10. The standard InChI is InChI=1S/C6H13N.ClH/c1-2-3-5-4-6(5)7;/h5-6H,2-4,7H2,1H3;1H/t5-,6-;/m1./s1. The summed E-state index contributed by atoms with van der Waals surface area (Å²) < 4.78 is 0. The van der Waals surface area contributed by atoms with Gasteiger partial charge in [-0.3, -0.25) is 0 Å². The van der Waals surface area contributed by atoms with Crippen LogP contribution >= 0.6 is 12.4 Å². The molecule has 8 heavy (non-hydrogen) atoms. The average molecular weight is 136 g/mol. The third kappa shape index (κ3) is 2.01. The minimum Gasteiger partial charge on any atom is -0.327 e. The van der Waals surface area contributed by atoms with E-state index in [0.29, 0.717) is 6.04 Å². The van der Waals surface area contributed by atoms with Gasteiger partial charge in [-0.25, -0.2) is 0 Å². The Hall–Kier alpha value is 0.250. The fourth-order valence-electron chi connectivity index (χ4n) is 0.974. The molecule has 0 amide bonds. The van der Waals surface area contributed by atoms with Gasteiger partial charge in [0.1, 0.15) is 0 Å². The molecule has 2 N–H and O–H groups in total. The lowest BCUT2D eigenvalue weighted by Gasteiger charge is -1.86. The summed E-state index contributed by atoms with van der Waals surface area (Å²) in [6.07, 6.45) is 3.94. The first kappa shape index (κ1) is 8.25. The number of halogens is 1.